The number of hydrogen-bond acceptors (Lipinski definition) is 2. The quantitative estimate of drug-likeness (QED) is 0.891. The van der Waals surface area contributed by atoms with Crippen LogP contribution in [0.1, 0.15) is 24.8 Å². The summed E-state index contributed by atoms with van der Waals surface area (Å²) in [6, 6.07) is 14.8. The van der Waals surface area contributed by atoms with Gasteiger partial charge in [0, 0.05) is 13.0 Å². The summed E-state index contributed by atoms with van der Waals surface area (Å²) in [5.74, 6) is 0.761. The van der Waals surface area contributed by atoms with Gasteiger partial charge in [0.15, 0.2) is 0 Å². The van der Waals surface area contributed by atoms with Crippen LogP contribution in [0, 0.1) is 5.92 Å². The summed E-state index contributed by atoms with van der Waals surface area (Å²) in [6.45, 7) is 2.96. The van der Waals surface area contributed by atoms with Gasteiger partial charge in [-0.15, -0.1) is 0 Å². The zero-order valence-corrected chi connectivity index (χ0v) is 13.0. The van der Waals surface area contributed by atoms with Crippen LogP contribution in [0.3, 0.4) is 0 Å². The van der Waals surface area contributed by atoms with Crippen LogP contribution in [-0.4, -0.2) is 25.5 Å². The van der Waals surface area contributed by atoms with Crippen molar-refractivity contribution < 1.29 is 4.79 Å². The Kier molecular flexibility index (Phi) is 5.07. The Morgan fingerprint density at radius 1 is 1.18 bits per heavy atom. The molecule has 0 aliphatic carbocycles. The van der Waals surface area contributed by atoms with E-state index in [1.54, 1.807) is 0 Å². The van der Waals surface area contributed by atoms with Gasteiger partial charge in [-0.3, -0.25) is 4.79 Å². The average molecular weight is 296 g/mol. The van der Waals surface area contributed by atoms with Gasteiger partial charge in [-0.25, -0.2) is 0 Å². The lowest BCUT2D eigenvalue weighted by Crippen LogP contribution is -2.38. The minimum absolute atomic E-state index is 0.165. The lowest BCUT2D eigenvalue weighted by Gasteiger charge is -2.22. The van der Waals surface area contributed by atoms with Gasteiger partial charge in [-0.1, -0.05) is 42.5 Å². The van der Waals surface area contributed by atoms with Crippen molar-refractivity contribution in [2.45, 2.75) is 25.7 Å². The first-order valence-electron chi connectivity index (χ1n) is 8.26. The number of fused-ring (bicyclic) bond motifs is 1. The van der Waals surface area contributed by atoms with E-state index >= 15 is 0 Å². The molecular weight excluding hydrogens is 272 g/mol. The SMILES string of the molecule is O=C(CCc1ccc2ccccc2c1)NCC1CCCNC1. The van der Waals surface area contributed by atoms with Gasteiger partial charge in [0.1, 0.15) is 0 Å². The highest BCUT2D eigenvalue weighted by Crippen LogP contribution is 2.16. The molecule has 1 unspecified atom stereocenters. The third kappa shape index (κ3) is 4.08. The lowest BCUT2D eigenvalue weighted by molar-refractivity contribution is -0.121. The van der Waals surface area contributed by atoms with Crippen molar-refractivity contribution >= 4 is 16.7 Å². The molecule has 2 aromatic carbocycles. The highest BCUT2D eigenvalue weighted by Gasteiger charge is 2.13. The Morgan fingerprint density at radius 2 is 2.05 bits per heavy atom. The summed E-state index contributed by atoms with van der Waals surface area (Å²) in [6.07, 6.45) is 3.81. The first-order valence-corrected chi connectivity index (χ1v) is 8.26. The molecule has 3 rings (SSSR count). The van der Waals surface area contributed by atoms with Crippen LogP contribution in [0.15, 0.2) is 42.5 Å². The molecule has 1 aliphatic heterocycles. The van der Waals surface area contributed by atoms with Gasteiger partial charge in [0.25, 0.3) is 0 Å². The normalized spacial score (nSPS) is 18.3. The maximum absolute atomic E-state index is 12.0. The molecule has 1 aliphatic rings. The van der Waals surface area contributed by atoms with Crippen molar-refractivity contribution in [1.29, 1.82) is 0 Å². The van der Waals surface area contributed by atoms with Gasteiger partial charge in [0.2, 0.25) is 5.91 Å². The second-order valence-electron chi connectivity index (χ2n) is 6.20. The molecule has 3 nitrogen and oxygen atoms in total. The molecule has 22 heavy (non-hydrogen) atoms. The fourth-order valence-corrected chi connectivity index (χ4v) is 3.10. The fourth-order valence-electron chi connectivity index (χ4n) is 3.10. The van der Waals surface area contributed by atoms with Gasteiger partial charge >= 0.3 is 0 Å². The highest BCUT2D eigenvalue weighted by molar-refractivity contribution is 5.83. The Labute approximate surface area is 132 Å². The van der Waals surface area contributed by atoms with Gasteiger partial charge in [0.05, 0.1) is 0 Å². The third-order valence-electron chi connectivity index (χ3n) is 4.44. The molecule has 2 N–H and O–H groups in total. The minimum atomic E-state index is 0.165. The number of piperidine rings is 1. The molecule has 0 radical (unpaired) electrons. The standard InChI is InChI=1S/C19H24N2O/c22-19(21-14-16-4-3-11-20-13-16)10-8-15-7-9-17-5-1-2-6-18(17)12-15/h1-2,5-7,9,12,16,20H,3-4,8,10-11,13-14H2,(H,21,22). The molecule has 1 atom stereocenters. The molecule has 1 saturated heterocycles. The summed E-state index contributed by atoms with van der Waals surface area (Å²) in [5, 5.41) is 8.96. The van der Waals surface area contributed by atoms with E-state index in [1.807, 2.05) is 0 Å². The molecule has 0 bridgehead atoms. The Bertz CT molecular complexity index is 632. The summed E-state index contributed by atoms with van der Waals surface area (Å²) >= 11 is 0. The maximum atomic E-state index is 12.0. The summed E-state index contributed by atoms with van der Waals surface area (Å²) < 4.78 is 0. The van der Waals surface area contributed by atoms with Gasteiger partial charge in [-0.05, 0) is 54.6 Å². The number of nitrogens with one attached hydrogen (secondary N) is 2. The van der Waals surface area contributed by atoms with Crippen LogP contribution in [-0.2, 0) is 11.2 Å². The Morgan fingerprint density at radius 3 is 2.86 bits per heavy atom. The van der Waals surface area contributed by atoms with E-state index in [4.69, 9.17) is 0 Å². The summed E-state index contributed by atoms with van der Waals surface area (Å²) in [7, 11) is 0. The largest absolute Gasteiger partial charge is 0.356 e. The first-order chi connectivity index (χ1) is 10.8. The topological polar surface area (TPSA) is 41.1 Å². The van der Waals surface area contributed by atoms with E-state index in [0.717, 1.165) is 26.1 Å². The fraction of sp³-hybridized carbons (Fsp3) is 0.421. The van der Waals surface area contributed by atoms with Crippen molar-refractivity contribution in [3.8, 4) is 0 Å². The van der Waals surface area contributed by atoms with Crippen LogP contribution in [0.2, 0.25) is 0 Å². The molecule has 0 spiro atoms. The van der Waals surface area contributed by atoms with E-state index in [9.17, 15) is 4.79 Å². The number of rotatable bonds is 5. The van der Waals surface area contributed by atoms with Crippen molar-refractivity contribution in [3.05, 3.63) is 48.0 Å². The Balaban J connectivity index is 1.47. The van der Waals surface area contributed by atoms with Crippen LogP contribution >= 0.6 is 0 Å². The first kappa shape index (κ1) is 15.0. The van der Waals surface area contributed by atoms with Crippen molar-refractivity contribution in [3.63, 3.8) is 0 Å². The van der Waals surface area contributed by atoms with E-state index in [2.05, 4.69) is 53.1 Å². The van der Waals surface area contributed by atoms with Crippen LogP contribution in [0.4, 0.5) is 0 Å². The smallest absolute Gasteiger partial charge is 0.220 e. The van der Waals surface area contributed by atoms with E-state index < -0.39 is 0 Å². The van der Waals surface area contributed by atoms with E-state index in [1.165, 1.54) is 29.2 Å². The predicted molar refractivity (Wildman–Crippen MR) is 90.9 cm³/mol. The number of hydrogen-bond donors (Lipinski definition) is 2. The van der Waals surface area contributed by atoms with Crippen LogP contribution < -0.4 is 10.6 Å². The number of amides is 1. The molecule has 0 aromatic heterocycles. The summed E-state index contributed by atoms with van der Waals surface area (Å²) in [5.41, 5.74) is 1.23. The van der Waals surface area contributed by atoms with Gasteiger partial charge in [-0.2, -0.15) is 0 Å². The van der Waals surface area contributed by atoms with E-state index in [0.29, 0.717) is 12.3 Å². The minimum Gasteiger partial charge on any atom is -0.356 e. The second-order valence-corrected chi connectivity index (χ2v) is 6.20. The zero-order chi connectivity index (χ0) is 15.2. The van der Waals surface area contributed by atoms with Crippen molar-refractivity contribution in [1.82, 2.24) is 10.6 Å². The predicted octanol–water partition coefficient (Wildman–Crippen LogP) is 2.89. The second kappa shape index (κ2) is 7.41. The lowest BCUT2D eigenvalue weighted by atomic mass is 9.99. The number of aryl methyl sites for hydroxylation is 1. The number of carbonyl (C=O) groups excluding carboxylic acids is 1. The average Bonchev–Trinajstić information content (AvgIpc) is 2.59. The van der Waals surface area contributed by atoms with Gasteiger partial charge < -0.3 is 10.6 Å². The Hall–Kier alpha value is -1.87. The molecular formula is C19H24N2O. The third-order valence-corrected chi connectivity index (χ3v) is 4.44. The summed E-state index contributed by atoms with van der Waals surface area (Å²) in [4.78, 5) is 12.0. The monoisotopic (exact) mass is 296 g/mol. The molecule has 1 amide bonds. The number of benzene rings is 2. The van der Waals surface area contributed by atoms with E-state index in [-0.39, 0.29) is 5.91 Å². The maximum Gasteiger partial charge on any atom is 0.220 e. The number of carbonyl (C=O) groups is 1. The molecule has 3 heteroatoms. The van der Waals surface area contributed by atoms with Crippen LogP contribution in [0.5, 0.6) is 0 Å². The molecule has 1 heterocycles. The van der Waals surface area contributed by atoms with Crippen LogP contribution in [0.25, 0.3) is 10.8 Å². The van der Waals surface area contributed by atoms with Crippen molar-refractivity contribution in [2.75, 3.05) is 19.6 Å². The van der Waals surface area contributed by atoms with Crippen molar-refractivity contribution in [2.24, 2.45) is 5.92 Å². The molecule has 0 saturated carbocycles. The molecule has 116 valence electrons. The molecule has 1 fully saturated rings. The molecule has 2 aromatic rings. The zero-order valence-electron chi connectivity index (χ0n) is 13.0. The highest BCUT2D eigenvalue weighted by atomic mass is 16.1.